The number of halogens is 3. The van der Waals surface area contributed by atoms with Gasteiger partial charge in [-0.3, -0.25) is 9.59 Å². The second-order valence-electron chi connectivity index (χ2n) is 6.88. The lowest BCUT2D eigenvalue weighted by Gasteiger charge is -2.15. The Hall–Kier alpha value is -3.22. The average molecular weight is 458 g/mol. The molecule has 2 amide bonds. The van der Waals surface area contributed by atoms with Gasteiger partial charge in [-0.2, -0.15) is 0 Å². The summed E-state index contributed by atoms with van der Waals surface area (Å²) in [5.74, 6) is -1.99. The van der Waals surface area contributed by atoms with Gasteiger partial charge >= 0.3 is 0 Å². The van der Waals surface area contributed by atoms with Crippen LogP contribution in [-0.4, -0.2) is 17.5 Å². The first-order valence-corrected chi connectivity index (χ1v) is 9.95. The standard InChI is InChI=1S/C23H18Cl2FN3O2/c1-12-9-16(25)11-19(23(31)28-17-6-4-15(24)5-7-17)21(12)29-22(30)18-8-3-14(13(2)27)10-20(18)26/h3-11,27H,1-2H3,(H,28,31)(H,29,30). The Labute approximate surface area is 188 Å². The minimum Gasteiger partial charge on any atom is -0.322 e. The van der Waals surface area contributed by atoms with E-state index >= 15 is 0 Å². The van der Waals surface area contributed by atoms with Crippen LogP contribution in [0.5, 0.6) is 0 Å². The van der Waals surface area contributed by atoms with E-state index in [1.165, 1.54) is 25.1 Å². The zero-order valence-corrected chi connectivity index (χ0v) is 18.2. The number of aryl methyl sites for hydroxylation is 1. The van der Waals surface area contributed by atoms with Gasteiger partial charge in [0.1, 0.15) is 5.82 Å². The first kappa shape index (κ1) is 22.5. The predicted octanol–water partition coefficient (Wildman–Crippen LogP) is 6.33. The van der Waals surface area contributed by atoms with Crippen LogP contribution in [0.25, 0.3) is 0 Å². The quantitative estimate of drug-likeness (QED) is 0.391. The van der Waals surface area contributed by atoms with Crippen molar-refractivity contribution in [1.82, 2.24) is 0 Å². The molecule has 0 radical (unpaired) electrons. The van der Waals surface area contributed by atoms with E-state index in [4.69, 9.17) is 28.6 Å². The highest BCUT2D eigenvalue weighted by molar-refractivity contribution is 6.31. The summed E-state index contributed by atoms with van der Waals surface area (Å²) in [6.07, 6.45) is 0. The molecule has 3 aromatic carbocycles. The molecule has 0 aliphatic rings. The van der Waals surface area contributed by atoms with Crippen LogP contribution in [0.2, 0.25) is 10.0 Å². The van der Waals surface area contributed by atoms with Gasteiger partial charge in [0, 0.05) is 21.4 Å². The average Bonchev–Trinajstić information content (AvgIpc) is 2.71. The highest BCUT2D eigenvalue weighted by Crippen LogP contribution is 2.28. The maximum absolute atomic E-state index is 14.4. The van der Waals surface area contributed by atoms with Crippen molar-refractivity contribution in [2.75, 3.05) is 10.6 Å². The van der Waals surface area contributed by atoms with Crippen molar-refractivity contribution in [3.8, 4) is 0 Å². The minimum atomic E-state index is -0.764. The molecule has 0 spiro atoms. The fourth-order valence-electron chi connectivity index (χ4n) is 2.93. The summed E-state index contributed by atoms with van der Waals surface area (Å²) in [5.41, 5.74) is 1.74. The number of hydrogen-bond acceptors (Lipinski definition) is 3. The summed E-state index contributed by atoms with van der Waals surface area (Å²) in [6, 6.07) is 13.5. The molecule has 3 aromatic rings. The van der Waals surface area contributed by atoms with Gasteiger partial charge in [-0.15, -0.1) is 0 Å². The van der Waals surface area contributed by atoms with E-state index in [1.54, 1.807) is 37.3 Å². The number of nitrogens with one attached hydrogen (secondary N) is 3. The summed E-state index contributed by atoms with van der Waals surface area (Å²) in [5, 5.41) is 13.8. The molecule has 31 heavy (non-hydrogen) atoms. The van der Waals surface area contributed by atoms with Crippen molar-refractivity contribution >= 4 is 52.1 Å². The van der Waals surface area contributed by atoms with Gasteiger partial charge < -0.3 is 16.0 Å². The van der Waals surface area contributed by atoms with Crippen LogP contribution in [-0.2, 0) is 0 Å². The molecule has 8 heteroatoms. The monoisotopic (exact) mass is 457 g/mol. The second-order valence-corrected chi connectivity index (χ2v) is 7.75. The smallest absolute Gasteiger partial charge is 0.258 e. The third-order valence-corrected chi connectivity index (χ3v) is 5.00. The van der Waals surface area contributed by atoms with E-state index in [1.807, 2.05) is 0 Å². The van der Waals surface area contributed by atoms with Crippen LogP contribution in [0.4, 0.5) is 15.8 Å². The SMILES string of the molecule is CC(=N)c1ccc(C(=O)Nc2c(C)cc(Cl)cc2C(=O)Nc2ccc(Cl)cc2)c(F)c1. The highest BCUT2D eigenvalue weighted by Gasteiger charge is 2.20. The van der Waals surface area contributed by atoms with Crippen LogP contribution in [0.1, 0.15) is 38.8 Å². The van der Waals surface area contributed by atoms with Gasteiger partial charge in [0.05, 0.1) is 16.8 Å². The van der Waals surface area contributed by atoms with Gasteiger partial charge in [0.25, 0.3) is 11.8 Å². The van der Waals surface area contributed by atoms with Crippen LogP contribution >= 0.6 is 23.2 Å². The zero-order chi connectivity index (χ0) is 22.7. The van der Waals surface area contributed by atoms with E-state index in [2.05, 4.69) is 10.6 Å². The Bertz CT molecular complexity index is 1190. The van der Waals surface area contributed by atoms with Crippen LogP contribution in [0.3, 0.4) is 0 Å². The number of amides is 2. The van der Waals surface area contributed by atoms with Gasteiger partial charge in [-0.05, 0) is 73.5 Å². The zero-order valence-electron chi connectivity index (χ0n) is 16.6. The maximum atomic E-state index is 14.4. The lowest BCUT2D eigenvalue weighted by atomic mass is 10.0. The summed E-state index contributed by atoms with van der Waals surface area (Å²) < 4.78 is 14.4. The van der Waals surface area contributed by atoms with E-state index in [9.17, 15) is 14.0 Å². The number of benzene rings is 3. The van der Waals surface area contributed by atoms with Crippen LogP contribution < -0.4 is 10.6 Å². The number of anilines is 2. The molecule has 0 atom stereocenters. The highest BCUT2D eigenvalue weighted by atomic mass is 35.5. The molecule has 3 rings (SSSR count). The van der Waals surface area contributed by atoms with Crippen molar-refractivity contribution in [1.29, 1.82) is 5.41 Å². The molecule has 3 N–H and O–H groups in total. The number of hydrogen-bond donors (Lipinski definition) is 3. The van der Waals surface area contributed by atoms with Gasteiger partial charge in [-0.1, -0.05) is 29.3 Å². The Balaban J connectivity index is 1.92. The maximum Gasteiger partial charge on any atom is 0.258 e. The molecule has 0 aliphatic carbocycles. The third kappa shape index (κ3) is 5.29. The summed E-state index contributed by atoms with van der Waals surface area (Å²) in [6.45, 7) is 3.20. The van der Waals surface area contributed by atoms with E-state index < -0.39 is 17.6 Å². The van der Waals surface area contributed by atoms with E-state index in [-0.39, 0.29) is 22.5 Å². The number of rotatable bonds is 5. The molecular weight excluding hydrogens is 440 g/mol. The molecule has 0 bridgehead atoms. The normalized spacial score (nSPS) is 10.5. The van der Waals surface area contributed by atoms with E-state index in [0.29, 0.717) is 26.9 Å². The summed E-state index contributed by atoms with van der Waals surface area (Å²) in [4.78, 5) is 25.6. The lowest BCUT2D eigenvalue weighted by molar-refractivity contribution is 0.102. The van der Waals surface area contributed by atoms with Gasteiger partial charge in [-0.25, -0.2) is 4.39 Å². The minimum absolute atomic E-state index is 0.126. The Morgan fingerprint density at radius 2 is 1.52 bits per heavy atom. The van der Waals surface area contributed by atoms with Gasteiger partial charge in [0.15, 0.2) is 0 Å². The number of carbonyl (C=O) groups is 2. The fraction of sp³-hybridized carbons (Fsp3) is 0.0870. The lowest BCUT2D eigenvalue weighted by Crippen LogP contribution is -2.20. The predicted molar refractivity (Wildman–Crippen MR) is 122 cm³/mol. The second kappa shape index (κ2) is 9.29. The molecule has 0 saturated heterocycles. The Morgan fingerprint density at radius 3 is 2.13 bits per heavy atom. The molecule has 0 heterocycles. The molecule has 0 saturated carbocycles. The van der Waals surface area contributed by atoms with Crippen LogP contribution in [0.15, 0.2) is 54.6 Å². The molecular formula is C23H18Cl2FN3O2. The molecule has 0 fully saturated rings. The summed E-state index contributed by atoms with van der Waals surface area (Å²) >= 11 is 12.0. The van der Waals surface area contributed by atoms with Crippen molar-refractivity contribution in [3.05, 3.63) is 92.7 Å². The third-order valence-electron chi connectivity index (χ3n) is 4.53. The molecule has 5 nitrogen and oxygen atoms in total. The molecule has 0 unspecified atom stereocenters. The van der Waals surface area contributed by atoms with Crippen molar-refractivity contribution < 1.29 is 14.0 Å². The molecule has 158 valence electrons. The van der Waals surface area contributed by atoms with Crippen molar-refractivity contribution in [3.63, 3.8) is 0 Å². The first-order chi connectivity index (χ1) is 14.7. The molecule has 0 aromatic heterocycles. The van der Waals surface area contributed by atoms with Crippen molar-refractivity contribution in [2.24, 2.45) is 0 Å². The Morgan fingerprint density at radius 1 is 0.871 bits per heavy atom. The van der Waals surface area contributed by atoms with Gasteiger partial charge in [0.2, 0.25) is 0 Å². The van der Waals surface area contributed by atoms with Crippen LogP contribution in [0, 0.1) is 18.2 Å². The first-order valence-electron chi connectivity index (χ1n) is 9.19. The summed E-state index contributed by atoms with van der Waals surface area (Å²) in [7, 11) is 0. The Kier molecular flexibility index (Phi) is 6.73. The van der Waals surface area contributed by atoms with E-state index in [0.717, 1.165) is 6.07 Å². The number of carbonyl (C=O) groups excluding carboxylic acids is 2. The molecule has 0 aliphatic heterocycles. The largest absolute Gasteiger partial charge is 0.322 e. The topological polar surface area (TPSA) is 82.1 Å². The van der Waals surface area contributed by atoms with Crippen molar-refractivity contribution in [2.45, 2.75) is 13.8 Å². The fourth-order valence-corrected chi connectivity index (χ4v) is 3.33.